The minimum absolute atomic E-state index is 0.252. The summed E-state index contributed by atoms with van der Waals surface area (Å²) in [5.74, 6) is -0.0621. The molecular formula is C29H28N2O3S. The van der Waals surface area contributed by atoms with E-state index in [4.69, 9.17) is 9.72 Å². The molecule has 0 saturated heterocycles. The molecule has 4 aromatic rings. The number of hydrogen-bond acceptors (Lipinski definition) is 5. The molecule has 0 bridgehead atoms. The van der Waals surface area contributed by atoms with E-state index in [1.165, 1.54) is 16.2 Å². The first kappa shape index (κ1) is 23.2. The molecule has 1 amide bonds. The summed E-state index contributed by atoms with van der Waals surface area (Å²) < 4.78 is 5.38. The van der Waals surface area contributed by atoms with Gasteiger partial charge in [0, 0.05) is 15.8 Å². The highest BCUT2D eigenvalue weighted by atomic mass is 32.1. The molecule has 0 aliphatic heterocycles. The third-order valence-electron chi connectivity index (χ3n) is 6.57. The van der Waals surface area contributed by atoms with Crippen molar-refractivity contribution in [1.82, 2.24) is 4.98 Å². The van der Waals surface area contributed by atoms with E-state index in [-0.39, 0.29) is 11.9 Å². The first-order chi connectivity index (χ1) is 17.0. The SMILES string of the molecule is CCOC(=O)c1c(NC(=O)c2cc(-c3ccccc3)nc3c(C)cccc23)sc2c1CC[C@@H](C)C2. The molecule has 2 aromatic heterocycles. The minimum atomic E-state index is -0.366. The lowest BCUT2D eigenvalue weighted by Gasteiger charge is -2.18. The maximum Gasteiger partial charge on any atom is 0.341 e. The lowest BCUT2D eigenvalue weighted by molar-refractivity contribution is 0.0526. The molecule has 1 atom stereocenters. The summed E-state index contributed by atoms with van der Waals surface area (Å²) >= 11 is 1.50. The van der Waals surface area contributed by atoms with Crippen molar-refractivity contribution >= 4 is 39.1 Å². The minimum Gasteiger partial charge on any atom is -0.462 e. The molecule has 1 N–H and O–H groups in total. The number of thiophene rings is 1. The Labute approximate surface area is 209 Å². The van der Waals surface area contributed by atoms with Crippen molar-refractivity contribution in [1.29, 1.82) is 0 Å². The van der Waals surface area contributed by atoms with Crippen LogP contribution in [0.5, 0.6) is 0 Å². The van der Waals surface area contributed by atoms with Crippen molar-refractivity contribution < 1.29 is 14.3 Å². The number of amides is 1. The van der Waals surface area contributed by atoms with Crippen LogP contribution in [-0.2, 0) is 17.6 Å². The first-order valence-corrected chi connectivity index (χ1v) is 12.9. The average molecular weight is 485 g/mol. The van der Waals surface area contributed by atoms with Gasteiger partial charge in [-0.05, 0) is 56.2 Å². The molecule has 5 nitrogen and oxygen atoms in total. The maximum absolute atomic E-state index is 13.7. The van der Waals surface area contributed by atoms with Gasteiger partial charge in [-0.2, -0.15) is 0 Å². The van der Waals surface area contributed by atoms with E-state index < -0.39 is 0 Å². The summed E-state index contributed by atoms with van der Waals surface area (Å²) in [5, 5.41) is 4.44. The average Bonchev–Trinajstić information content (AvgIpc) is 3.21. The number of para-hydroxylation sites is 1. The smallest absolute Gasteiger partial charge is 0.341 e. The fourth-order valence-corrected chi connectivity index (χ4v) is 6.16. The first-order valence-electron chi connectivity index (χ1n) is 12.0. The number of nitrogens with one attached hydrogen (secondary N) is 1. The van der Waals surface area contributed by atoms with Crippen molar-refractivity contribution in [3.05, 3.63) is 81.7 Å². The van der Waals surface area contributed by atoms with Gasteiger partial charge in [0.2, 0.25) is 0 Å². The van der Waals surface area contributed by atoms with Gasteiger partial charge in [0.25, 0.3) is 5.91 Å². The number of carbonyl (C=O) groups excluding carboxylic acids is 2. The second-order valence-corrected chi connectivity index (χ2v) is 10.2. The highest BCUT2D eigenvalue weighted by molar-refractivity contribution is 7.17. The number of anilines is 1. The Hall–Kier alpha value is -3.51. The monoisotopic (exact) mass is 484 g/mol. The topological polar surface area (TPSA) is 68.3 Å². The van der Waals surface area contributed by atoms with Crippen molar-refractivity contribution in [2.24, 2.45) is 5.92 Å². The number of pyridine rings is 1. The van der Waals surface area contributed by atoms with Crippen molar-refractivity contribution in [3.63, 3.8) is 0 Å². The zero-order valence-corrected chi connectivity index (χ0v) is 21.0. The van der Waals surface area contributed by atoms with Crippen LogP contribution in [0.1, 0.15) is 57.0 Å². The van der Waals surface area contributed by atoms with E-state index in [0.29, 0.717) is 28.7 Å². The van der Waals surface area contributed by atoms with Crippen LogP contribution in [0.15, 0.2) is 54.6 Å². The molecule has 0 spiro atoms. The summed E-state index contributed by atoms with van der Waals surface area (Å²) in [4.78, 5) is 32.7. The van der Waals surface area contributed by atoms with Gasteiger partial charge in [0.15, 0.2) is 0 Å². The molecule has 5 rings (SSSR count). The molecule has 6 heteroatoms. The summed E-state index contributed by atoms with van der Waals surface area (Å²) in [5.41, 5.74) is 5.56. The maximum atomic E-state index is 13.7. The highest BCUT2D eigenvalue weighted by Crippen LogP contribution is 2.40. The van der Waals surface area contributed by atoms with Crippen molar-refractivity contribution in [2.45, 2.75) is 40.0 Å². The standard InChI is InChI=1S/C29H28N2O3S/c1-4-34-29(33)25-21-14-13-17(2)15-24(21)35-28(25)31-27(32)22-16-23(19-10-6-5-7-11-19)30-26-18(3)9-8-12-20(22)26/h5-12,16-17H,4,13-15H2,1-3H3,(H,31,32)/t17-/m1/s1. The van der Waals surface area contributed by atoms with Gasteiger partial charge in [-0.3, -0.25) is 4.79 Å². The number of ether oxygens (including phenoxy) is 1. The van der Waals surface area contributed by atoms with Crippen LogP contribution in [0.25, 0.3) is 22.2 Å². The Bertz CT molecular complexity index is 1430. The second kappa shape index (κ2) is 9.62. The molecule has 2 heterocycles. The van der Waals surface area contributed by atoms with E-state index in [0.717, 1.165) is 52.5 Å². The van der Waals surface area contributed by atoms with Crippen LogP contribution in [0, 0.1) is 12.8 Å². The van der Waals surface area contributed by atoms with Gasteiger partial charge in [0.05, 0.1) is 28.9 Å². The third kappa shape index (κ3) is 4.46. The predicted molar refractivity (Wildman–Crippen MR) is 141 cm³/mol. The Morgan fingerprint density at radius 1 is 1.14 bits per heavy atom. The molecule has 0 unspecified atom stereocenters. The van der Waals surface area contributed by atoms with Crippen LogP contribution in [-0.4, -0.2) is 23.5 Å². The van der Waals surface area contributed by atoms with Crippen LogP contribution >= 0.6 is 11.3 Å². The number of rotatable bonds is 5. The lowest BCUT2D eigenvalue weighted by atomic mass is 9.88. The zero-order valence-electron chi connectivity index (χ0n) is 20.2. The van der Waals surface area contributed by atoms with Gasteiger partial charge >= 0.3 is 5.97 Å². The molecule has 1 aliphatic carbocycles. The van der Waals surface area contributed by atoms with Gasteiger partial charge in [-0.1, -0.05) is 55.5 Å². The van der Waals surface area contributed by atoms with Crippen LogP contribution < -0.4 is 5.32 Å². The fraction of sp³-hybridized carbons (Fsp3) is 0.276. The van der Waals surface area contributed by atoms with Crippen LogP contribution in [0.2, 0.25) is 0 Å². The van der Waals surface area contributed by atoms with Gasteiger partial charge < -0.3 is 10.1 Å². The van der Waals surface area contributed by atoms with E-state index in [1.807, 2.05) is 61.5 Å². The number of carbonyl (C=O) groups is 2. The number of aromatic nitrogens is 1. The van der Waals surface area contributed by atoms with Crippen LogP contribution in [0.3, 0.4) is 0 Å². The van der Waals surface area contributed by atoms with E-state index in [1.54, 1.807) is 6.92 Å². The van der Waals surface area contributed by atoms with Crippen molar-refractivity contribution in [3.8, 4) is 11.3 Å². The second-order valence-electron chi connectivity index (χ2n) is 9.12. The molecule has 0 saturated carbocycles. The zero-order chi connectivity index (χ0) is 24.5. The lowest BCUT2D eigenvalue weighted by Crippen LogP contribution is -2.17. The molecule has 2 aromatic carbocycles. The highest BCUT2D eigenvalue weighted by Gasteiger charge is 2.29. The Morgan fingerprint density at radius 3 is 2.71 bits per heavy atom. The van der Waals surface area contributed by atoms with Gasteiger partial charge in [0.1, 0.15) is 5.00 Å². The summed E-state index contributed by atoms with van der Waals surface area (Å²) in [6.07, 6.45) is 2.77. The van der Waals surface area contributed by atoms with Crippen LogP contribution in [0.4, 0.5) is 5.00 Å². The molecule has 35 heavy (non-hydrogen) atoms. The van der Waals surface area contributed by atoms with E-state index in [2.05, 4.69) is 12.2 Å². The quantitative estimate of drug-likeness (QED) is 0.315. The summed E-state index contributed by atoms with van der Waals surface area (Å²) in [6, 6.07) is 17.6. The largest absolute Gasteiger partial charge is 0.462 e. The normalized spacial score (nSPS) is 15.0. The Kier molecular flexibility index (Phi) is 6.39. The Balaban J connectivity index is 1.60. The summed E-state index contributed by atoms with van der Waals surface area (Å²) in [7, 11) is 0. The molecule has 1 aliphatic rings. The number of aryl methyl sites for hydroxylation is 1. The fourth-order valence-electron chi connectivity index (χ4n) is 4.77. The molecule has 178 valence electrons. The molecule has 0 fully saturated rings. The third-order valence-corrected chi connectivity index (χ3v) is 7.74. The number of fused-ring (bicyclic) bond motifs is 2. The molecule has 0 radical (unpaired) electrons. The number of esters is 1. The van der Waals surface area contributed by atoms with E-state index in [9.17, 15) is 9.59 Å². The molecular weight excluding hydrogens is 456 g/mol. The van der Waals surface area contributed by atoms with E-state index >= 15 is 0 Å². The number of benzene rings is 2. The van der Waals surface area contributed by atoms with Gasteiger partial charge in [-0.25, -0.2) is 9.78 Å². The summed E-state index contributed by atoms with van der Waals surface area (Å²) in [6.45, 7) is 6.32. The number of nitrogens with zero attached hydrogens (tertiary/aromatic N) is 1. The van der Waals surface area contributed by atoms with Gasteiger partial charge in [-0.15, -0.1) is 11.3 Å². The van der Waals surface area contributed by atoms with Crippen molar-refractivity contribution in [2.75, 3.05) is 11.9 Å². The predicted octanol–water partition coefficient (Wildman–Crippen LogP) is 6.83. The number of hydrogen-bond donors (Lipinski definition) is 1. The Morgan fingerprint density at radius 2 is 1.94 bits per heavy atom.